The molecule has 0 radical (unpaired) electrons. The average molecular weight is 407 g/mol. The van der Waals surface area contributed by atoms with Crippen LogP contribution in [0, 0.1) is 0 Å². The van der Waals surface area contributed by atoms with E-state index in [2.05, 4.69) is 20.2 Å². The number of carbonyl (C=O) groups excluding carboxylic acids is 1. The summed E-state index contributed by atoms with van der Waals surface area (Å²) in [6, 6.07) is 13.8. The van der Waals surface area contributed by atoms with Crippen LogP contribution in [0.1, 0.15) is 32.6 Å². The first-order valence-electron chi connectivity index (χ1n) is 9.37. The number of nitrogens with one attached hydrogen (secondary N) is 1. The van der Waals surface area contributed by atoms with Gasteiger partial charge >= 0.3 is 0 Å². The van der Waals surface area contributed by atoms with Crippen molar-refractivity contribution in [3.05, 3.63) is 89.0 Å². The molecule has 1 aromatic heterocycles. The fourth-order valence-corrected chi connectivity index (χ4v) is 3.99. The summed E-state index contributed by atoms with van der Waals surface area (Å²) in [5.41, 5.74) is 5.16. The lowest BCUT2D eigenvalue weighted by Gasteiger charge is -2.14. The van der Waals surface area contributed by atoms with E-state index in [0.29, 0.717) is 12.1 Å². The maximum atomic E-state index is 12.5. The molecule has 1 N–H and O–H groups in total. The Morgan fingerprint density at radius 1 is 1.03 bits per heavy atom. The van der Waals surface area contributed by atoms with Crippen LogP contribution in [0.2, 0.25) is 0 Å². The molecule has 0 fully saturated rings. The van der Waals surface area contributed by atoms with Crippen LogP contribution in [0.4, 0.5) is 0 Å². The van der Waals surface area contributed by atoms with Crippen LogP contribution >= 0.6 is 0 Å². The zero-order chi connectivity index (χ0) is 20.2. The molecule has 29 heavy (non-hydrogen) atoms. The second kappa shape index (κ2) is 8.63. The smallest absolute Gasteiger partial charge is 0.251 e. The number of rotatable bonds is 6. The van der Waals surface area contributed by atoms with Crippen LogP contribution in [-0.2, 0) is 37.0 Å². The molecule has 1 aliphatic rings. The van der Waals surface area contributed by atoms with E-state index in [-0.39, 0.29) is 5.91 Å². The Morgan fingerprint density at radius 3 is 2.48 bits per heavy atom. The number of fused-ring (bicyclic) bond motifs is 1. The monoisotopic (exact) mass is 406 g/mol. The lowest BCUT2D eigenvalue weighted by atomic mass is 10.1. The normalized spacial score (nSPS) is 14.4. The lowest BCUT2D eigenvalue weighted by molar-refractivity contribution is 0.0950. The molecule has 3 aromatic rings. The van der Waals surface area contributed by atoms with Crippen molar-refractivity contribution in [2.75, 3.05) is 6.26 Å². The predicted molar refractivity (Wildman–Crippen MR) is 111 cm³/mol. The van der Waals surface area contributed by atoms with E-state index in [1.54, 1.807) is 18.6 Å². The minimum absolute atomic E-state index is 0.0988. The number of hydrogen-bond donors (Lipinski definition) is 1. The lowest BCUT2D eigenvalue weighted by Crippen LogP contribution is -2.23. The van der Waals surface area contributed by atoms with Crippen molar-refractivity contribution in [2.24, 2.45) is 0 Å². The maximum absolute atomic E-state index is 12.5. The molecule has 0 bridgehead atoms. The molecule has 1 atom stereocenters. The number of benzene rings is 2. The second-order valence-corrected chi connectivity index (χ2v) is 8.54. The molecule has 1 unspecified atom stereocenters. The Kier molecular flexibility index (Phi) is 5.78. The van der Waals surface area contributed by atoms with E-state index in [1.165, 1.54) is 23.0 Å². The van der Waals surface area contributed by atoms with E-state index in [9.17, 15) is 9.00 Å². The third-order valence-corrected chi connectivity index (χ3v) is 5.92. The zero-order valence-electron chi connectivity index (χ0n) is 16.2. The summed E-state index contributed by atoms with van der Waals surface area (Å²) in [7, 11) is -0.954. The molecule has 0 saturated carbocycles. The Bertz CT molecular complexity index is 1040. The molecule has 0 aliphatic carbocycles. The summed E-state index contributed by atoms with van der Waals surface area (Å²) in [5.74, 6) is -0.0988. The third kappa shape index (κ3) is 4.75. The van der Waals surface area contributed by atoms with Gasteiger partial charge in [0.1, 0.15) is 6.33 Å². The SMILES string of the molecule is CS(=O)c1ccc(CN2Cc3ccc(C(=O)NCc4cncnc4)cc3C2)cc1. The average Bonchev–Trinajstić information content (AvgIpc) is 3.14. The van der Waals surface area contributed by atoms with Crippen LogP contribution < -0.4 is 5.32 Å². The van der Waals surface area contributed by atoms with Crippen LogP contribution in [0.25, 0.3) is 0 Å². The van der Waals surface area contributed by atoms with Gasteiger partial charge in [0.2, 0.25) is 0 Å². The molecule has 148 valence electrons. The van der Waals surface area contributed by atoms with Crippen molar-refractivity contribution in [1.29, 1.82) is 0 Å². The molecule has 4 rings (SSSR count). The minimum atomic E-state index is -0.954. The van der Waals surface area contributed by atoms with Crippen molar-refractivity contribution in [3.63, 3.8) is 0 Å². The molecule has 0 saturated heterocycles. The molecule has 1 aliphatic heterocycles. The van der Waals surface area contributed by atoms with Crippen LogP contribution in [0.3, 0.4) is 0 Å². The highest BCUT2D eigenvalue weighted by Crippen LogP contribution is 2.25. The van der Waals surface area contributed by atoms with Gasteiger partial charge in [0.25, 0.3) is 5.91 Å². The first-order chi connectivity index (χ1) is 14.1. The maximum Gasteiger partial charge on any atom is 0.251 e. The van der Waals surface area contributed by atoms with E-state index in [4.69, 9.17) is 0 Å². The van der Waals surface area contributed by atoms with Crippen molar-refractivity contribution in [3.8, 4) is 0 Å². The number of hydrogen-bond acceptors (Lipinski definition) is 5. The van der Waals surface area contributed by atoms with Gasteiger partial charge in [0.15, 0.2) is 0 Å². The van der Waals surface area contributed by atoms with Gasteiger partial charge in [-0.3, -0.25) is 13.9 Å². The van der Waals surface area contributed by atoms with Crippen molar-refractivity contribution >= 4 is 16.7 Å². The second-order valence-electron chi connectivity index (χ2n) is 7.16. The Labute approximate surface area is 172 Å². The quantitative estimate of drug-likeness (QED) is 0.681. The fourth-order valence-electron chi connectivity index (χ4n) is 3.47. The van der Waals surface area contributed by atoms with E-state index >= 15 is 0 Å². The Morgan fingerprint density at radius 2 is 1.76 bits per heavy atom. The van der Waals surface area contributed by atoms with Gasteiger partial charge in [0.05, 0.1) is 0 Å². The number of carbonyl (C=O) groups is 1. The third-order valence-electron chi connectivity index (χ3n) is 4.98. The number of aromatic nitrogens is 2. The standard InChI is InChI=1S/C22H22N4O2S/c1-29(28)21-6-2-16(3-7-21)12-26-13-19-5-4-18(8-20(19)14-26)22(27)25-11-17-9-23-15-24-10-17/h2-10,15H,11-14H2,1H3,(H,25,27). The minimum Gasteiger partial charge on any atom is -0.348 e. The Hall–Kier alpha value is -2.90. The molecule has 2 aromatic carbocycles. The highest BCUT2D eigenvalue weighted by Gasteiger charge is 2.20. The first-order valence-corrected chi connectivity index (χ1v) is 10.9. The highest BCUT2D eigenvalue weighted by atomic mass is 32.2. The number of amides is 1. The van der Waals surface area contributed by atoms with Crippen molar-refractivity contribution < 1.29 is 9.00 Å². The van der Waals surface area contributed by atoms with Gasteiger partial charge in [0, 0.05) is 71.7 Å². The summed E-state index contributed by atoms with van der Waals surface area (Å²) < 4.78 is 11.5. The molecule has 0 spiro atoms. The molecular formula is C22H22N4O2S. The van der Waals surface area contributed by atoms with Gasteiger partial charge in [-0.15, -0.1) is 0 Å². The predicted octanol–water partition coefficient (Wildman–Crippen LogP) is 2.66. The largest absolute Gasteiger partial charge is 0.348 e. The van der Waals surface area contributed by atoms with E-state index < -0.39 is 10.8 Å². The summed E-state index contributed by atoms with van der Waals surface area (Å²) in [4.78, 5) is 23.6. The summed E-state index contributed by atoms with van der Waals surface area (Å²) in [6.45, 7) is 2.90. The molecule has 1 amide bonds. The first kappa shape index (κ1) is 19.4. The molecular weight excluding hydrogens is 384 g/mol. The highest BCUT2D eigenvalue weighted by molar-refractivity contribution is 7.84. The van der Waals surface area contributed by atoms with Gasteiger partial charge in [-0.25, -0.2) is 9.97 Å². The fraction of sp³-hybridized carbons (Fsp3) is 0.227. The van der Waals surface area contributed by atoms with Crippen LogP contribution in [0.15, 0.2) is 66.1 Å². The summed E-state index contributed by atoms with van der Waals surface area (Å²) >= 11 is 0. The topological polar surface area (TPSA) is 75.2 Å². The molecule has 2 heterocycles. The summed E-state index contributed by atoms with van der Waals surface area (Å²) in [6.07, 6.45) is 6.54. The summed E-state index contributed by atoms with van der Waals surface area (Å²) in [5, 5.41) is 2.91. The molecule has 6 nitrogen and oxygen atoms in total. The van der Waals surface area contributed by atoms with Crippen LogP contribution in [0.5, 0.6) is 0 Å². The van der Waals surface area contributed by atoms with Crippen molar-refractivity contribution in [2.45, 2.75) is 31.1 Å². The van der Waals surface area contributed by atoms with E-state index in [1.807, 2.05) is 42.5 Å². The Balaban J connectivity index is 1.37. The van der Waals surface area contributed by atoms with Gasteiger partial charge in [-0.05, 0) is 41.0 Å². The zero-order valence-corrected chi connectivity index (χ0v) is 17.0. The molecule has 7 heteroatoms. The van der Waals surface area contributed by atoms with Crippen LogP contribution in [-0.4, -0.2) is 31.2 Å². The van der Waals surface area contributed by atoms with E-state index in [0.717, 1.165) is 30.1 Å². The van der Waals surface area contributed by atoms with Gasteiger partial charge in [-0.1, -0.05) is 18.2 Å². The van der Waals surface area contributed by atoms with Crippen molar-refractivity contribution in [1.82, 2.24) is 20.2 Å². The van der Waals surface area contributed by atoms with Gasteiger partial charge in [-0.2, -0.15) is 0 Å². The number of nitrogens with zero attached hydrogens (tertiary/aromatic N) is 3. The van der Waals surface area contributed by atoms with Gasteiger partial charge < -0.3 is 5.32 Å².